The average molecular weight is 287 g/mol. The van der Waals surface area contributed by atoms with Crippen molar-refractivity contribution in [2.24, 2.45) is 5.73 Å². The summed E-state index contributed by atoms with van der Waals surface area (Å²) in [6.45, 7) is 2.48. The second-order valence-electron chi connectivity index (χ2n) is 4.85. The van der Waals surface area contributed by atoms with E-state index >= 15 is 0 Å². The zero-order valence-corrected chi connectivity index (χ0v) is 12.7. The lowest BCUT2D eigenvalue weighted by Gasteiger charge is -2.11. The molecule has 0 aromatic heterocycles. The van der Waals surface area contributed by atoms with Crippen LogP contribution >= 0.6 is 0 Å². The fourth-order valence-corrected chi connectivity index (χ4v) is 1.71. The quantitative estimate of drug-likeness (QED) is 0.792. The molecule has 2 amide bonds. The zero-order chi connectivity index (χ0) is 15.8. The number of rotatable bonds is 4. The fraction of sp³-hybridized carbons (Fsp3) is 0.375. The minimum Gasteiger partial charge on any atom is -0.351 e. The first kappa shape index (κ1) is 16.7. The number of aryl methyl sites for hydroxylation is 1. The van der Waals surface area contributed by atoms with Gasteiger partial charge in [-0.25, -0.2) is 0 Å². The second-order valence-corrected chi connectivity index (χ2v) is 4.85. The summed E-state index contributed by atoms with van der Waals surface area (Å²) in [7, 11) is 3.37. The molecule has 0 fully saturated rings. The highest BCUT2D eigenvalue weighted by molar-refractivity contribution is 5.97. The monoisotopic (exact) mass is 287 g/mol. The molecule has 112 valence electrons. The normalized spacial score (nSPS) is 9.52. The largest absolute Gasteiger partial charge is 0.351 e. The summed E-state index contributed by atoms with van der Waals surface area (Å²) >= 11 is 0. The van der Waals surface area contributed by atoms with E-state index in [1.165, 1.54) is 4.90 Å². The molecule has 0 spiro atoms. The minimum absolute atomic E-state index is 0.0256. The molecule has 21 heavy (non-hydrogen) atoms. The van der Waals surface area contributed by atoms with Crippen LogP contribution in [0.4, 0.5) is 0 Å². The number of nitrogens with one attached hydrogen (secondary N) is 1. The van der Waals surface area contributed by atoms with E-state index < -0.39 is 0 Å². The molecule has 0 heterocycles. The number of nitrogens with zero attached hydrogens (tertiary/aromatic N) is 1. The van der Waals surface area contributed by atoms with Crippen LogP contribution in [0.5, 0.6) is 0 Å². The molecule has 1 rings (SSSR count). The molecule has 0 unspecified atom stereocenters. The Bertz CT molecular complexity index is 583. The number of hydrogen-bond acceptors (Lipinski definition) is 3. The van der Waals surface area contributed by atoms with Crippen molar-refractivity contribution in [1.82, 2.24) is 10.2 Å². The third-order valence-corrected chi connectivity index (χ3v) is 2.87. The number of benzene rings is 1. The molecule has 0 saturated carbocycles. The maximum atomic E-state index is 12.2. The summed E-state index contributed by atoms with van der Waals surface area (Å²) in [5.41, 5.74) is 7.54. The maximum absolute atomic E-state index is 12.2. The predicted octanol–water partition coefficient (Wildman–Crippen LogP) is 0.513. The average Bonchev–Trinajstić information content (AvgIpc) is 2.44. The van der Waals surface area contributed by atoms with Crippen LogP contribution in [0, 0.1) is 18.8 Å². The van der Waals surface area contributed by atoms with Crippen LogP contribution in [0.2, 0.25) is 0 Å². The van der Waals surface area contributed by atoms with Crippen molar-refractivity contribution in [3.8, 4) is 11.8 Å². The first-order chi connectivity index (χ1) is 9.95. The van der Waals surface area contributed by atoms with Gasteiger partial charge in [0.15, 0.2) is 0 Å². The molecule has 0 aliphatic carbocycles. The van der Waals surface area contributed by atoms with E-state index in [-0.39, 0.29) is 24.8 Å². The van der Waals surface area contributed by atoms with E-state index in [1.54, 1.807) is 20.2 Å². The van der Waals surface area contributed by atoms with Gasteiger partial charge in [-0.05, 0) is 24.6 Å². The van der Waals surface area contributed by atoms with Crippen molar-refractivity contribution in [1.29, 1.82) is 0 Å². The molecule has 3 N–H and O–H groups in total. The topological polar surface area (TPSA) is 75.4 Å². The van der Waals surface area contributed by atoms with E-state index in [4.69, 9.17) is 5.73 Å². The van der Waals surface area contributed by atoms with Gasteiger partial charge in [-0.1, -0.05) is 17.9 Å². The van der Waals surface area contributed by atoms with Crippen molar-refractivity contribution in [2.45, 2.75) is 13.3 Å². The number of hydrogen-bond donors (Lipinski definition) is 2. The molecule has 0 aliphatic heterocycles. The highest BCUT2D eigenvalue weighted by Gasteiger charge is 2.11. The van der Waals surface area contributed by atoms with Gasteiger partial charge in [0.1, 0.15) is 0 Å². The lowest BCUT2D eigenvalue weighted by Crippen LogP contribution is -2.30. The Labute approximate surface area is 125 Å². The van der Waals surface area contributed by atoms with Crippen LogP contribution in [0.1, 0.15) is 27.9 Å². The molecule has 0 radical (unpaired) electrons. The molecule has 1 aromatic rings. The van der Waals surface area contributed by atoms with Gasteiger partial charge in [-0.15, -0.1) is 0 Å². The van der Waals surface area contributed by atoms with E-state index in [1.807, 2.05) is 19.1 Å². The van der Waals surface area contributed by atoms with Gasteiger partial charge in [0.05, 0.1) is 12.1 Å². The van der Waals surface area contributed by atoms with Gasteiger partial charge < -0.3 is 16.0 Å². The second kappa shape index (κ2) is 8.08. The summed E-state index contributed by atoms with van der Waals surface area (Å²) in [4.78, 5) is 25.1. The Morgan fingerprint density at radius 2 is 2.05 bits per heavy atom. The van der Waals surface area contributed by atoms with Crippen LogP contribution in [0.3, 0.4) is 0 Å². The lowest BCUT2D eigenvalue weighted by atomic mass is 10.0. The highest BCUT2D eigenvalue weighted by atomic mass is 16.2. The summed E-state index contributed by atoms with van der Waals surface area (Å²) < 4.78 is 0. The van der Waals surface area contributed by atoms with Crippen molar-refractivity contribution in [3.05, 3.63) is 34.9 Å². The van der Waals surface area contributed by atoms with Gasteiger partial charge >= 0.3 is 0 Å². The Balaban J connectivity index is 2.76. The van der Waals surface area contributed by atoms with Crippen molar-refractivity contribution in [2.75, 3.05) is 27.2 Å². The van der Waals surface area contributed by atoms with Crippen LogP contribution < -0.4 is 11.1 Å². The maximum Gasteiger partial charge on any atom is 0.252 e. The third-order valence-electron chi connectivity index (χ3n) is 2.87. The molecule has 5 heteroatoms. The van der Waals surface area contributed by atoms with Gasteiger partial charge in [0, 0.05) is 32.6 Å². The van der Waals surface area contributed by atoms with Crippen LogP contribution in [0.25, 0.3) is 0 Å². The Hall–Kier alpha value is -2.32. The number of carbonyl (C=O) groups is 2. The van der Waals surface area contributed by atoms with Crippen LogP contribution in [0.15, 0.2) is 18.2 Å². The van der Waals surface area contributed by atoms with Crippen molar-refractivity contribution < 1.29 is 9.59 Å². The number of nitrogens with two attached hydrogens (primary N) is 1. The predicted molar refractivity (Wildman–Crippen MR) is 82.8 cm³/mol. The smallest absolute Gasteiger partial charge is 0.252 e. The lowest BCUT2D eigenvalue weighted by molar-refractivity contribution is -0.128. The van der Waals surface area contributed by atoms with Gasteiger partial charge in [0.2, 0.25) is 5.91 Å². The Morgan fingerprint density at radius 3 is 2.67 bits per heavy atom. The summed E-state index contributed by atoms with van der Waals surface area (Å²) in [5, 5.41) is 2.74. The number of carbonyl (C=O) groups excluding carboxylic acids is 2. The van der Waals surface area contributed by atoms with E-state index in [0.717, 1.165) is 5.56 Å². The van der Waals surface area contributed by atoms with Crippen LogP contribution in [-0.4, -0.2) is 43.9 Å². The molecule has 0 saturated heterocycles. The van der Waals surface area contributed by atoms with Gasteiger partial charge in [-0.2, -0.15) is 0 Å². The SMILES string of the molecule is Cc1ccc(C(=O)NCCC(=O)N(C)C)c(C#CCN)c1. The first-order valence-corrected chi connectivity index (χ1v) is 6.73. The van der Waals surface area contributed by atoms with Crippen molar-refractivity contribution in [3.63, 3.8) is 0 Å². The minimum atomic E-state index is -0.233. The summed E-state index contributed by atoms with van der Waals surface area (Å²) in [6.07, 6.45) is 0.272. The third kappa shape index (κ3) is 5.28. The highest BCUT2D eigenvalue weighted by Crippen LogP contribution is 2.10. The Morgan fingerprint density at radius 1 is 1.33 bits per heavy atom. The molecule has 0 aliphatic rings. The summed E-state index contributed by atoms with van der Waals surface area (Å²) in [5.74, 6) is 5.40. The molecule has 5 nitrogen and oxygen atoms in total. The van der Waals surface area contributed by atoms with Crippen molar-refractivity contribution >= 4 is 11.8 Å². The van der Waals surface area contributed by atoms with E-state index in [2.05, 4.69) is 17.2 Å². The van der Waals surface area contributed by atoms with Gasteiger partial charge in [-0.3, -0.25) is 9.59 Å². The molecule has 1 aromatic carbocycles. The molecular formula is C16H21N3O2. The van der Waals surface area contributed by atoms with Crippen LogP contribution in [-0.2, 0) is 4.79 Å². The Kier molecular flexibility index (Phi) is 6.44. The fourth-order valence-electron chi connectivity index (χ4n) is 1.71. The number of amides is 2. The van der Waals surface area contributed by atoms with E-state index in [9.17, 15) is 9.59 Å². The standard InChI is InChI=1S/C16H21N3O2/c1-12-6-7-14(13(11-12)5-4-9-17)16(21)18-10-8-15(20)19(2)3/h6-7,11H,8-10,17H2,1-3H3,(H,18,21). The molecule has 0 atom stereocenters. The van der Waals surface area contributed by atoms with E-state index in [0.29, 0.717) is 17.7 Å². The summed E-state index contributed by atoms with van der Waals surface area (Å²) in [6, 6.07) is 5.44. The molecular weight excluding hydrogens is 266 g/mol. The zero-order valence-electron chi connectivity index (χ0n) is 12.7. The molecule has 0 bridgehead atoms. The van der Waals surface area contributed by atoms with Gasteiger partial charge in [0.25, 0.3) is 5.91 Å². The first-order valence-electron chi connectivity index (χ1n) is 6.73.